The zero-order valence-corrected chi connectivity index (χ0v) is 9.26. The lowest BCUT2D eigenvalue weighted by molar-refractivity contribution is 0.331. The van der Waals surface area contributed by atoms with E-state index in [1.807, 2.05) is 6.20 Å². The summed E-state index contributed by atoms with van der Waals surface area (Å²) in [4.78, 5) is 10.8. The van der Waals surface area contributed by atoms with Crippen molar-refractivity contribution in [3.8, 4) is 0 Å². The second-order valence-corrected chi connectivity index (χ2v) is 4.40. The fraction of sp³-hybridized carbons (Fsp3) is 0.385. The van der Waals surface area contributed by atoms with Crippen LogP contribution in [0.1, 0.15) is 18.4 Å². The maximum atomic E-state index is 4.23. The molecule has 0 spiro atoms. The lowest BCUT2D eigenvalue weighted by Crippen LogP contribution is -2.18. The molecule has 0 saturated carbocycles. The summed E-state index contributed by atoms with van der Waals surface area (Å²) in [6.45, 7) is 3.54. The Balaban J connectivity index is 1.86. The largest absolute Gasteiger partial charge is 0.299 e. The van der Waals surface area contributed by atoms with Crippen LogP contribution in [0.3, 0.4) is 0 Å². The molecule has 1 aromatic heterocycles. The summed E-state index contributed by atoms with van der Waals surface area (Å²) in [7, 11) is 0. The van der Waals surface area contributed by atoms with Crippen LogP contribution < -0.4 is 0 Å². The molecule has 0 atom stereocenters. The van der Waals surface area contributed by atoms with Gasteiger partial charge < -0.3 is 0 Å². The fourth-order valence-corrected chi connectivity index (χ4v) is 2.33. The summed E-state index contributed by atoms with van der Waals surface area (Å²) >= 11 is 0. The minimum Gasteiger partial charge on any atom is -0.299 e. The van der Waals surface area contributed by atoms with E-state index in [0.29, 0.717) is 0 Å². The maximum Gasteiger partial charge on any atom is 0.116 e. The molecule has 1 fully saturated rings. The highest BCUT2D eigenvalue weighted by atomic mass is 15.1. The number of fused-ring (bicyclic) bond motifs is 1. The minimum atomic E-state index is 1.03. The summed E-state index contributed by atoms with van der Waals surface area (Å²) in [5, 5.41) is 1.14. The summed E-state index contributed by atoms with van der Waals surface area (Å²) < 4.78 is 0. The van der Waals surface area contributed by atoms with Gasteiger partial charge in [-0.2, -0.15) is 0 Å². The first-order valence-electron chi connectivity index (χ1n) is 5.83. The van der Waals surface area contributed by atoms with Gasteiger partial charge >= 0.3 is 0 Å². The predicted octanol–water partition coefficient (Wildman–Crippen LogP) is 2.23. The molecule has 3 rings (SSSR count). The number of hydrogen-bond donors (Lipinski definition) is 0. The number of hydrogen-bond acceptors (Lipinski definition) is 3. The van der Waals surface area contributed by atoms with E-state index < -0.39 is 0 Å². The van der Waals surface area contributed by atoms with Gasteiger partial charge in [-0.1, -0.05) is 6.07 Å². The van der Waals surface area contributed by atoms with Crippen LogP contribution in [0, 0.1) is 0 Å². The van der Waals surface area contributed by atoms with Crippen molar-refractivity contribution in [3.05, 3.63) is 36.3 Å². The van der Waals surface area contributed by atoms with E-state index in [9.17, 15) is 0 Å². The first kappa shape index (κ1) is 9.73. The van der Waals surface area contributed by atoms with Gasteiger partial charge in [-0.15, -0.1) is 0 Å². The molecule has 0 radical (unpaired) electrons. The van der Waals surface area contributed by atoms with Crippen molar-refractivity contribution < 1.29 is 0 Å². The standard InChI is InChI=1S/C13H15N3/c1-2-6-16(5-1)9-11-3-4-13-12(7-11)8-14-10-15-13/h3-4,7-8,10H,1-2,5-6,9H2. The van der Waals surface area contributed by atoms with Gasteiger partial charge in [0.15, 0.2) is 0 Å². The molecule has 0 N–H and O–H groups in total. The normalized spacial score (nSPS) is 17.0. The van der Waals surface area contributed by atoms with Gasteiger partial charge in [0.1, 0.15) is 6.33 Å². The van der Waals surface area contributed by atoms with Crippen molar-refractivity contribution in [2.75, 3.05) is 13.1 Å². The lowest BCUT2D eigenvalue weighted by atomic mass is 10.1. The van der Waals surface area contributed by atoms with E-state index in [2.05, 4.69) is 33.1 Å². The van der Waals surface area contributed by atoms with Gasteiger partial charge in [0.05, 0.1) is 5.52 Å². The van der Waals surface area contributed by atoms with Gasteiger partial charge in [-0.05, 0) is 43.6 Å². The predicted molar refractivity (Wildman–Crippen MR) is 64.0 cm³/mol. The molecule has 1 aromatic carbocycles. The van der Waals surface area contributed by atoms with Crippen molar-refractivity contribution in [1.82, 2.24) is 14.9 Å². The molecule has 3 heteroatoms. The molecule has 0 aliphatic carbocycles. The van der Waals surface area contributed by atoms with Crippen molar-refractivity contribution in [3.63, 3.8) is 0 Å². The van der Waals surface area contributed by atoms with Crippen LogP contribution in [0.4, 0.5) is 0 Å². The fourth-order valence-electron chi connectivity index (χ4n) is 2.33. The molecule has 3 nitrogen and oxygen atoms in total. The highest BCUT2D eigenvalue weighted by Gasteiger charge is 2.11. The molecule has 1 aliphatic heterocycles. The van der Waals surface area contributed by atoms with E-state index in [4.69, 9.17) is 0 Å². The second kappa shape index (κ2) is 4.18. The number of likely N-dealkylation sites (tertiary alicyclic amines) is 1. The summed E-state index contributed by atoms with van der Waals surface area (Å²) in [6.07, 6.45) is 6.17. The Labute approximate surface area is 95.1 Å². The van der Waals surface area contributed by atoms with Crippen LogP contribution in [0.2, 0.25) is 0 Å². The third kappa shape index (κ3) is 1.91. The molecule has 2 heterocycles. The van der Waals surface area contributed by atoms with Gasteiger partial charge in [0.25, 0.3) is 0 Å². The van der Waals surface area contributed by atoms with Crippen LogP contribution in [0.15, 0.2) is 30.7 Å². The number of benzene rings is 1. The summed E-state index contributed by atoms with van der Waals surface area (Å²) in [6, 6.07) is 6.46. The van der Waals surface area contributed by atoms with E-state index in [1.165, 1.54) is 31.5 Å². The lowest BCUT2D eigenvalue weighted by Gasteiger charge is -2.14. The summed E-state index contributed by atoms with van der Waals surface area (Å²) in [5.74, 6) is 0. The van der Waals surface area contributed by atoms with Gasteiger partial charge in [-0.25, -0.2) is 9.97 Å². The molecule has 2 aromatic rings. The molecule has 16 heavy (non-hydrogen) atoms. The van der Waals surface area contributed by atoms with Crippen molar-refractivity contribution in [2.24, 2.45) is 0 Å². The molecule has 1 aliphatic rings. The van der Waals surface area contributed by atoms with E-state index >= 15 is 0 Å². The zero-order valence-electron chi connectivity index (χ0n) is 9.26. The van der Waals surface area contributed by atoms with Crippen molar-refractivity contribution in [2.45, 2.75) is 19.4 Å². The Bertz CT molecular complexity index is 489. The molecule has 1 saturated heterocycles. The molecule has 0 amide bonds. The number of nitrogens with zero attached hydrogens (tertiary/aromatic N) is 3. The Morgan fingerprint density at radius 2 is 2.06 bits per heavy atom. The smallest absolute Gasteiger partial charge is 0.116 e. The Morgan fingerprint density at radius 1 is 1.19 bits per heavy atom. The third-order valence-corrected chi connectivity index (χ3v) is 3.17. The highest BCUT2D eigenvalue weighted by molar-refractivity contribution is 5.77. The van der Waals surface area contributed by atoms with Crippen LogP contribution in [-0.4, -0.2) is 28.0 Å². The van der Waals surface area contributed by atoms with Crippen molar-refractivity contribution >= 4 is 10.9 Å². The summed E-state index contributed by atoms with van der Waals surface area (Å²) in [5.41, 5.74) is 2.39. The minimum absolute atomic E-state index is 1.03. The quantitative estimate of drug-likeness (QED) is 0.766. The number of aromatic nitrogens is 2. The first-order valence-corrected chi connectivity index (χ1v) is 5.83. The second-order valence-electron chi connectivity index (χ2n) is 4.40. The number of rotatable bonds is 2. The van der Waals surface area contributed by atoms with Gasteiger partial charge in [0.2, 0.25) is 0 Å². The van der Waals surface area contributed by atoms with E-state index in [0.717, 1.165) is 17.4 Å². The van der Waals surface area contributed by atoms with Crippen molar-refractivity contribution in [1.29, 1.82) is 0 Å². The average Bonchev–Trinajstić information content (AvgIpc) is 2.82. The third-order valence-electron chi connectivity index (χ3n) is 3.17. The van der Waals surface area contributed by atoms with E-state index in [1.54, 1.807) is 6.33 Å². The monoisotopic (exact) mass is 213 g/mol. The molecule has 0 bridgehead atoms. The Kier molecular flexibility index (Phi) is 2.54. The van der Waals surface area contributed by atoms with Crippen LogP contribution in [0.25, 0.3) is 10.9 Å². The SMILES string of the molecule is c1ncc2cc(CN3CCCC3)ccc2n1. The van der Waals surface area contributed by atoms with Crippen LogP contribution in [0.5, 0.6) is 0 Å². The Morgan fingerprint density at radius 3 is 2.94 bits per heavy atom. The molecule has 0 unspecified atom stereocenters. The Hall–Kier alpha value is -1.48. The topological polar surface area (TPSA) is 29.0 Å². The van der Waals surface area contributed by atoms with Crippen LogP contribution >= 0.6 is 0 Å². The van der Waals surface area contributed by atoms with E-state index in [-0.39, 0.29) is 0 Å². The average molecular weight is 213 g/mol. The van der Waals surface area contributed by atoms with Gasteiger partial charge in [0, 0.05) is 18.1 Å². The van der Waals surface area contributed by atoms with Crippen LogP contribution in [-0.2, 0) is 6.54 Å². The highest BCUT2D eigenvalue weighted by Crippen LogP contribution is 2.16. The molecular formula is C13H15N3. The molecule has 82 valence electrons. The van der Waals surface area contributed by atoms with Gasteiger partial charge in [-0.3, -0.25) is 4.90 Å². The first-order chi connectivity index (χ1) is 7.92. The molecular weight excluding hydrogens is 198 g/mol. The maximum absolute atomic E-state index is 4.23. The zero-order chi connectivity index (χ0) is 10.8.